The van der Waals surface area contributed by atoms with Gasteiger partial charge in [0.05, 0.1) is 17.2 Å². The van der Waals surface area contributed by atoms with Crippen LogP contribution in [0.4, 0.5) is 0 Å². The Morgan fingerprint density at radius 3 is 2.47 bits per heavy atom. The molecule has 0 saturated heterocycles. The van der Waals surface area contributed by atoms with E-state index in [1.54, 1.807) is 0 Å². The summed E-state index contributed by atoms with van der Waals surface area (Å²) in [6, 6.07) is 6.13. The summed E-state index contributed by atoms with van der Waals surface area (Å²) in [5, 5.41) is 19.3. The Balaban J connectivity index is 2.18. The van der Waals surface area contributed by atoms with E-state index in [1.165, 1.54) is 5.56 Å². The number of aliphatic hydroxyl groups is 1. The molecule has 3 nitrogen and oxygen atoms in total. The lowest BCUT2D eigenvalue weighted by molar-refractivity contribution is -0.106. The van der Waals surface area contributed by atoms with Crippen molar-refractivity contribution in [1.82, 2.24) is 4.98 Å². The minimum absolute atomic E-state index is 0.396. The standard InChI is InChI=1S/C14H18N2O/c1-10(2)11-4-5-12(16-6-11)14(17)7-13(3,8-14)9-15/h4-6,10,17H,7-8H2,1-3H3. The smallest absolute Gasteiger partial charge is 0.109 e. The van der Waals surface area contributed by atoms with Crippen LogP contribution in [0.2, 0.25) is 0 Å². The van der Waals surface area contributed by atoms with Crippen LogP contribution >= 0.6 is 0 Å². The van der Waals surface area contributed by atoms with Crippen LogP contribution in [0.1, 0.15) is 50.8 Å². The third kappa shape index (κ3) is 2.05. The highest BCUT2D eigenvalue weighted by Gasteiger charge is 2.53. The molecule has 17 heavy (non-hydrogen) atoms. The van der Waals surface area contributed by atoms with E-state index in [9.17, 15) is 5.11 Å². The monoisotopic (exact) mass is 230 g/mol. The average molecular weight is 230 g/mol. The van der Waals surface area contributed by atoms with Gasteiger partial charge in [0.2, 0.25) is 0 Å². The number of aromatic nitrogens is 1. The number of rotatable bonds is 2. The molecule has 0 aliphatic heterocycles. The van der Waals surface area contributed by atoms with Crippen LogP contribution in [0, 0.1) is 16.7 Å². The largest absolute Gasteiger partial charge is 0.383 e. The van der Waals surface area contributed by atoms with Crippen molar-refractivity contribution in [2.24, 2.45) is 5.41 Å². The van der Waals surface area contributed by atoms with E-state index in [4.69, 9.17) is 5.26 Å². The molecule has 1 aliphatic carbocycles. The summed E-state index contributed by atoms with van der Waals surface area (Å²) in [7, 11) is 0. The molecule has 0 bridgehead atoms. The van der Waals surface area contributed by atoms with Gasteiger partial charge in [-0.25, -0.2) is 0 Å². The summed E-state index contributed by atoms with van der Waals surface area (Å²) in [4.78, 5) is 4.33. The van der Waals surface area contributed by atoms with Gasteiger partial charge in [-0.2, -0.15) is 5.26 Å². The molecule has 2 rings (SSSR count). The molecule has 0 atom stereocenters. The van der Waals surface area contributed by atoms with Crippen molar-refractivity contribution in [3.8, 4) is 6.07 Å². The SMILES string of the molecule is CC(C)c1ccc(C2(O)CC(C)(C#N)C2)nc1. The Bertz CT molecular complexity index is 450. The minimum atomic E-state index is -0.903. The second-order valence-corrected chi connectivity index (χ2v) is 5.69. The Morgan fingerprint density at radius 2 is 2.06 bits per heavy atom. The second kappa shape index (κ2) is 3.82. The Morgan fingerprint density at radius 1 is 1.41 bits per heavy atom. The van der Waals surface area contributed by atoms with Gasteiger partial charge in [0, 0.05) is 19.0 Å². The second-order valence-electron chi connectivity index (χ2n) is 5.69. The van der Waals surface area contributed by atoms with Gasteiger partial charge in [0.25, 0.3) is 0 Å². The van der Waals surface area contributed by atoms with Crippen LogP contribution in [0.25, 0.3) is 0 Å². The predicted molar refractivity (Wildman–Crippen MR) is 65.2 cm³/mol. The number of nitriles is 1. The maximum Gasteiger partial charge on any atom is 0.109 e. The molecular formula is C14H18N2O. The summed E-state index contributed by atoms with van der Waals surface area (Å²) in [6.07, 6.45) is 2.77. The van der Waals surface area contributed by atoms with Crippen molar-refractivity contribution in [1.29, 1.82) is 5.26 Å². The number of pyridine rings is 1. The molecule has 0 amide bonds. The lowest BCUT2D eigenvalue weighted by atomic mass is 9.60. The van der Waals surface area contributed by atoms with Gasteiger partial charge in [-0.1, -0.05) is 19.9 Å². The maximum atomic E-state index is 10.4. The summed E-state index contributed by atoms with van der Waals surface area (Å²) in [6.45, 7) is 6.10. The first-order valence-electron chi connectivity index (χ1n) is 5.99. The number of hydrogen-bond donors (Lipinski definition) is 1. The number of nitrogens with zero attached hydrogens (tertiary/aromatic N) is 2. The zero-order chi connectivity index (χ0) is 12.7. The van der Waals surface area contributed by atoms with E-state index in [0.29, 0.717) is 24.5 Å². The lowest BCUT2D eigenvalue weighted by Crippen LogP contribution is -2.47. The Hall–Kier alpha value is -1.40. The van der Waals surface area contributed by atoms with Crippen molar-refractivity contribution in [2.75, 3.05) is 0 Å². The molecule has 0 radical (unpaired) electrons. The van der Waals surface area contributed by atoms with E-state index in [0.717, 1.165) is 0 Å². The van der Waals surface area contributed by atoms with Crippen molar-refractivity contribution in [2.45, 2.75) is 45.1 Å². The summed E-state index contributed by atoms with van der Waals surface area (Å²) < 4.78 is 0. The molecule has 0 unspecified atom stereocenters. The minimum Gasteiger partial charge on any atom is -0.383 e. The van der Waals surface area contributed by atoms with Gasteiger partial charge in [0.15, 0.2) is 0 Å². The van der Waals surface area contributed by atoms with Crippen molar-refractivity contribution >= 4 is 0 Å². The lowest BCUT2D eigenvalue weighted by Gasteiger charge is -2.46. The molecule has 1 heterocycles. The fourth-order valence-corrected chi connectivity index (χ4v) is 2.52. The van der Waals surface area contributed by atoms with Gasteiger partial charge in [-0.05, 0) is 24.5 Å². The number of hydrogen-bond acceptors (Lipinski definition) is 3. The van der Waals surface area contributed by atoms with Crippen molar-refractivity contribution in [3.63, 3.8) is 0 Å². The summed E-state index contributed by atoms with van der Waals surface area (Å²) in [5.74, 6) is 0.442. The van der Waals surface area contributed by atoms with Crippen LogP contribution in [0.3, 0.4) is 0 Å². The molecule has 1 aromatic rings. The van der Waals surface area contributed by atoms with Crippen LogP contribution in [-0.2, 0) is 5.60 Å². The van der Waals surface area contributed by atoms with Crippen LogP contribution in [0.15, 0.2) is 18.3 Å². The molecule has 1 saturated carbocycles. The Kier molecular flexibility index (Phi) is 2.71. The summed E-state index contributed by atoms with van der Waals surface area (Å²) in [5.41, 5.74) is 0.557. The van der Waals surface area contributed by atoms with Gasteiger partial charge in [-0.15, -0.1) is 0 Å². The molecule has 1 fully saturated rings. The van der Waals surface area contributed by atoms with Gasteiger partial charge >= 0.3 is 0 Å². The highest BCUT2D eigenvalue weighted by atomic mass is 16.3. The first-order valence-corrected chi connectivity index (χ1v) is 5.99. The molecular weight excluding hydrogens is 212 g/mol. The van der Waals surface area contributed by atoms with E-state index in [-0.39, 0.29) is 0 Å². The third-order valence-electron chi connectivity index (χ3n) is 3.56. The predicted octanol–water partition coefficient (Wildman–Crippen LogP) is 2.72. The van der Waals surface area contributed by atoms with Gasteiger partial charge < -0.3 is 5.11 Å². The molecule has 3 heteroatoms. The van der Waals surface area contributed by atoms with Gasteiger partial charge in [0.1, 0.15) is 5.60 Å². The van der Waals surface area contributed by atoms with Crippen LogP contribution < -0.4 is 0 Å². The molecule has 1 aliphatic rings. The highest BCUT2D eigenvalue weighted by molar-refractivity contribution is 5.26. The molecule has 0 spiro atoms. The first kappa shape index (κ1) is 12.1. The molecule has 1 aromatic heterocycles. The average Bonchev–Trinajstić information content (AvgIpc) is 2.27. The summed E-state index contributed by atoms with van der Waals surface area (Å²) >= 11 is 0. The maximum absolute atomic E-state index is 10.4. The van der Waals surface area contributed by atoms with Gasteiger partial charge in [-0.3, -0.25) is 4.98 Å². The van der Waals surface area contributed by atoms with Crippen molar-refractivity contribution < 1.29 is 5.11 Å². The van der Waals surface area contributed by atoms with Crippen LogP contribution in [0.5, 0.6) is 0 Å². The fourth-order valence-electron chi connectivity index (χ4n) is 2.52. The highest BCUT2D eigenvalue weighted by Crippen LogP contribution is 2.52. The van der Waals surface area contributed by atoms with Crippen LogP contribution in [-0.4, -0.2) is 10.1 Å². The zero-order valence-corrected chi connectivity index (χ0v) is 10.6. The molecule has 0 aromatic carbocycles. The fraction of sp³-hybridized carbons (Fsp3) is 0.571. The third-order valence-corrected chi connectivity index (χ3v) is 3.56. The quantitative estimate of drug-likeness (QED) is 0.849. The first-order chi connectivity index (χ1) is 7.88. The molecule has 90 valence electrons. The van der Waals surface area contributed by atoms with E-state index in [1.807, 2.05) is 25.3 Å². The normalized spacial score (nSPS) is 32.0. The van der Waals surface area contributed by atoms with E-state index >= 15 is 0 Å². The van der Waals surface area contributed by atoms with E-state index < -0.39 is 11.0 Å². The Labute approximate surface area is 102 Å². The topological polar surface area (TPSA) is 56.9 Å². The molecule has 1 N–H and O–H groups in total. The van der Waals surface area contributed by atoms with Crippen molar-refractivity contribution in [3.05, 3.63) is 29.6 Å². The zero-order valence-electron chi connectivity index (χ0n) is 10.6. The van der Waals surface area contributed by atoms with E-state index in [2.05, 4.69) is 24.9 Å².